The highest BCUT2D eigenvalue weighted by molar-refractivity contribution is 6.31. The lowest BCUT2D eigenvalue weighted by atomic mass is 10.0. The topological polar surface area (TPSA) is 84.7 Å². The third-order valence-electron chi connectivity index (χ3n) is 4.39. The Bertz CT molecular complexity index is 847. The van der Waals surface area contributed by atoms with E-state index in [4.69, 9.17) is 16.3 Å². The minimum Gasteiger partial charge on any atom is -0.490 e. The molecule has 0 aliphatic carbocycles. The van der Waals surface area contributed by atoms with Crippen molar-refractivity contribution < 1.29 is 14.5 Å². The number of piperazine rings is 1. The van der Waals surface area contributed by atoms with Crippen molar-refractivity contribution >= 4 is 35.6 Å². The Morgan fingerprint density at radius 2 is 2.07 bits per heavy atom. The van der Waals surface area contributed by atoms with Gasteiger partial charge in [0.15, 0.2) is 5.75 Å². The number of hydrogen-bond acceptors (Lipinski definition) is 5. The van der Waals surface area contributed by atoms with Crippen LogP contribution in [0.25, 0.3) is 0 Å². The van der Waals surface area contributed by atoms with Crippen LogP contribution in [-0.2, 0) is 0 Å². The van der Waals surface area contributed by atoms with Gasteiger partial charge in [0.1, 0.15) is 0 Å². The van der Waals surface area contributed by atoms with Crippen LogP contribution in [0.15, 0.2) is 42.5 Å². The smallest absolute Gasteiger partial charge is 0.311 e. The summed E-state index contributed by atoms with van der Waals surface area (Å²) in [5.41, 5.74) is 0.858. The van der Waals surface area contributed by atoms with Gasteiger partial charge in [0, 0.05) is 36.3 Å². The first-order valence-electron chi connectivity index (χ1n) is 8.11. The molecule has 7 nitrogen and oxygen atoms in total. The molecule has 3 rings (SSSR count). The SMILES string of the molecule is COc1ccc(C(=O)N2CCNCC2c2ccccc2Cl)cc1[N+](=O)[O-].Cl. The van der Waals surface area contributed by atoms with Crippen molar-refractivity contribution in [3.8, 4) is 5.75 Å². The van der Waals surface area contributed by atoms with Crippen LogP contribution in [-0.4, -0.2) is 42.5 Å². The summed E-state index contributed by atoms with van der Waals surface area (Å²) in [5.74, 6) is -0.156. The van der Waals surface area contributed by atoms with Gasteiger partial charge in [-0.05, 0) is 23.8 Å². The summed E-state index contributed by atoms with van der Waals surface area (Å²) >= 11 is 6.31. The summed E-state index contributed by atoms with van der Waals surface area (Å²) < 4.78 is 5.00. The van der Waals surface area contributed by atoms with E-state index in [1.807, 2.05) is 18.2 Å². The van der Waals surface area contributed by atoms with Crippen LogP contribution < -0.4 is 10.1 Å². The van der Waals surface area contributed by atoms with Crippen molar-refractivity contribution in [3.05, 3.63) is 68.7 Å². The molecule has 1 aliphatic rings. The largest absolute Gasteiger partial charge is 0.490 e. The van der Waals surface area contributed by atoms with Gasteiger partial charge in [-0.25, -0.2) is 0 Å². The van der Waals surface area contributed by atoms with E-state index in [-0.39, 0.29) is 41.4 Å². The first-order valence-corrected chi connectivity index (χ1v) is 8.49. The number of halogens is 2. The number of amides is 1. The summed E-state index contributed by atoms with van der Waals surface area (Å²) in [6.45, 7) is 1.69. The fourth-order valence-corrected chi connectivity index (χ4v) is 3.36. The zero-order valence-corrected chi connectivity index (χ0v) is 16.1. The van der Waals surface area contributed by atoms with E-state index in [0.29, 0.717) is 24.7 Å². The fourth-order valence-electron chi connectivity index (χ4n) is 3.10. The second kappa shape index (κ2) is 9.03. The van der Waals surface area contributed by atoms with Crippen LogP contribution in [0.5, 0.6) is 5.75 Å². The average Bonchev–Trinajstić information content (AvgIpc) is 2.67. The Kier molecular flexibility index (Phi) is 7.01. The zero-order chi connectivity index (χ0) is 18.7. The molecule has 144 valence electrons. The Morgan fingerprint density at radius 3 is 2.74 bits per heavy atom. The number of methoxy groups -OCH3 is 1. The summed E-state index contributed by atoms with van der Waals surface area (Å²) in [6, 6.07) is 11.4. The van der Waals surface area contributed by atoms with E-state index in [2.05, 4.69) is 5.32 Å². The Hall–Kier alpha value is -2.35. The molecule has 0 bridgehead atoms. The number of carbonyl (C=O) groups excluding carboxylic acids is 1. The molecule has 0 saturated carbocycles. The predicted molar refractivity (Wildman–Crippen MR) is 105 cm³/mol. The Labute approximate surface area is 167 Å². The monoisotopic (exact) mass is 411 g/mol. The lowest BCUT2D eigenvalue weighted by Gasteiger charge is -2.37. The van der Waals surface area contributed by atoms with Crippen molar-refractivity contribution in [1.29, 1.82) is 0 Å². The van der Waals surface area contributed by atoms with Gasteiger partial charge < -0.3 is 15.0 Å². The number of nitro benzene ring substituents is 1. The molecule has 1 N–H and O–H groups in total. The standard InChI is InChI=1S/C18H18ClN3O4.ClH/c1-26-17-7-6-12(10-15(17)22(24)25)18(23)21-9-8-20-11-16(21)13-4-2-3-5-14(13)19;/h2-7,10,16,20H,8-9,11H2,1H3;1H. The van der Waals surface area contributed by atoms with Gasteiger partial charge in [0.05, 0.1) is 18.1 Å². The van der Waals surface area contributed by atoms with Gasteiger partial charge >= 0.3 is 5.69 Å². The average molecular weight is 412 g/mol. The van der Waals surface area contributed by atoms with Gasteiger partial charge in [-0.2, -0.15) is 0 Å². The van der Waals surface area contributed by atoms with Crippen molar-refractivity contribution in [2.75, 3.05) is 26.7 Å². The quantitative estimate of drug-likeness (QED) is 0.614. The van der Waals surface area contributed by atoms with E-state index >= 15 is 0 Å². The number of rotatable bonds is 4. The Balaban J connectivity index is 0.00000261. The molecule has 0 aromatic heterocycles. The van der Waals surface area contributed by atoms with E-state index in [1.165, 1.54) is 19.2 Å². The number of ether oxygens (including phenoxy) is 1. The molecule has 1 unspecified atom stereocenters. The second-order valence-electron chi connectivity index (χ2n) is 5.88. The van der Waals surface area contributed by atoms with E-state index in [1.54, 1.807) is 17.0 Å². The molecule has 1 aliphatic heterocycles. The molecule has 9 heteroatoms. The second-order valence-corrected chi connectivity index (χ2v) is 6.29. The number of nitrogens with zero attached hydrogens (tertiary/aromatic N) is 2. The maximum atomic E-state index is 13.1. The van der Waals surface area contributed by atoms with Crippen LogP contribution in [0.2, 0.25) is 5.02 Å². The van der Waals surface area contributed by atoms with E-state index in [0.717, 1.165) is 5.56 Å². The van der Waals surface area contributed by atoms with Gasteiger partial charge in [-0.3, -0.25) is 14.9 Å². The lowest BCUT2D eigenvalue weighted by molar-refractivity contribution is -0.385. The van der Waals surface area contributed by atoms with E-state index < -0.39 is 4.92 Å². The molecule has 2 aromatic carbocycles. The third-order valence-corrected chi connectivity index (χ3v) is 4.74. The van der Waals surface area contributed by atoms with Crippen molar-refractivity contribution in [2.24, 2.45) is 0 Å². The minimum atomic E-state index is -0.557. The van der Waals surface area contributed by atoms with Crippen molar-refractivity contribution in [2.45, 2.75) is 6.04 Å². The number of carbonyl (C=O) groups is 1. The summed E-state index contributed by atoms with van der Waals surface area (Å²) in [4.78, 5) is 25.4. The van der Waals surface area contributed by atoms with E-state index in [9.17, 15) is 14.9 Å². The van der Waals surface area contributed by atoms with Crippen LogP contribution in [0, 0.1) is 10.1 Å². The Morgan fingerprint density at radius 1 is 1.33 bits per heavy atom. The highest BCUT2D eigenvalue weighted by atomic mass is 35.5. The van der Waals surface area contributed by atoms with Gasteiger partial charge in [0.25, 0.3) is 5.91 Å². The van der Waals surface area contributed by atoms with Crippen LogP contribution in [0.4, 0.5) is 5.69 Å². The van der Waals surface area contributed by atoms with Gasteiger partial charge in [0.2, 0.25) is 0 Å². The number of nitro groups is 1. The molecule has 1 atom stereocenters. The first kappa shape index (κ1) is 21.0. The maximum Gasteiger partial charge on any atom is 0.311 e. The molecule has 1 fully saturated rings. The first-order chi connectivity index (χ1) is 12.5. The molecule has 0 spiro atoms. The molecule has 1 amide bonds. The van der Waals surface area contributed by atoms with Gasteiger partial charge in [-0.15, -0.1) is 12.4 Å². The molecule has 27 heavy (non-hydrogen) atoms. The normalized spacial score (nSPS) is 16.4. The summed E-state index contributed by atoms with van der Waals surface area (Å²) in [7, 11) is 1.35. The predicted octanol–water partition coefficient (Wildman–Crippen LogP) is 3.47. The van der Waals surface area contributed by atoms with Crippen LogP contribution >= 0.6 is 24.0 Å². The molecular weight excluding hydrogens is 393 g/mol. The third kappa shape index (κ3) is 4.32. The highest BCUT2D eigenvalue weighted by Crippen LogP contribution is 2.32. The number of nitrogens with one attached hydrogen (secondary N) is 1. The molecular formula is C18H19Cl2N3O4. The maximum absolute atomic E-state index is 13.1. The van der Waals surface area contributed by atoms with Crippen molar-refractivity contribution in [1.82, 2.24) is 10.2 Å². The van der Waals surface area contributed by atoms with Crippen LogP contribution in [0.3, 0.4) is 0 Å². The lowest BCUT2D eigenvalue weighted by Crippen LogP contribution is -2.48. The number of hydrogen-bond donors (Lipinski definition) is 1. The minimum absolute atomic E-state index is 0. The van der Waals surface area contributed by atoms with Gasteiger partial charge in [-0.1, -0.05) is 29.8 Å². The zero-order valence-electron chi connectivity index (χ0n) is 14.6. The summed E-state index contributed by atoms with van der Waals surface area (Å²) in [6.07, 6.45) is 0. The fraction of sp³-hybridized carbons (Fsp3) is 0.278. The molecule has 0 radical (unpaired) electrons. The number of benzene rings is 2. The van der Waals surface area contributed by atoms with Crippen molar-refractivity contribution in [3.63, 3.8) is 0 Å². The molecule has 2 aromatic rings. The summed E-state index contributed by atoms with van der Waals surface area (Å²) in [5, 5.41) is 15.1. The van der Waals surface area contributed by atoms with Crippen LogP contribution in [0.1, 0.15) is 22.0 Å². The highest BCUT2D eigenvalue weighted by Gasteiger charge is 2.31. The molecule has 1 heterocycles. The molecule has 1 saturated heterocycles.